The number of carboxylic acids is 1. The predicted molar refractivity (Wildman–Crippen MR) is 57.2 cm³/mol. The van der Waals surface area contributed by atoms with E-state index in [4.69, 9.17) is 9.84 Å². The summed E-state index contributed by atoms with van der Waals surface area (Å²) < 4.78 is 5.04. The Balaban J connectivity index is 3.10. The lowest BCUT2D eigenvalue weighted by Crippen LogP contribution is -2.32. The average molecular weight is 223 g/mol. The zero-order valence-electron chi connectivity index (χ0n) is 9.06. The SMILES string of the molecule is COc1ccccc1C(NC(C)=O)C(=O)O. The molecular weight excluding hydrogens is 210 g/mol. The number of benzene rings is 1. The summed E-state index contributed by atoms with van der Waals surface area (Å²) in [5, 5.41) is 11.4. The first-order valence-electron chi connectivity index (χ1n) is 4.69. The Labute approximate surface area is 93.0 Å². The van der Waals surface area contributed by atoms with Crippen LogP contribution in [-0.2, 0) is 9.59 Å². The van der Waals surface area contributed by atoms with Gasteiger partial charge >= 0.3 is 5.97 Å². The van der Waals surface area contributed by atoms with Crippen LogP contribution in [0.25, 0.3) is 0 Å². The highest BCUT2D eigenvalue weighted by Crippen LogP contribution is 2.24. The maximum atomic E-state index is 11.0. The van der Waals surface area contributed by atoms with Gasteiger partial charge in [-0.3, -0.25) is 4.79 Å². The van der Waals surface area contributed by atoms with E-state index >= 15 is 0 Å². The Kier molecular flexibility index (Phi) is 3.88. The van der Waals surface area contributed by atoms with Crippen molar-refractivity contribution in [2.75, 3.05) is 7.11 Å². The van der Waals surface area contributed by atoms with E-state index in [9.17, 15) is 9.59 Å². The van der Waals surface area contributed by atoms with Crippen LogP contribution >= 0.6 is 0 Å². The fourth-order valence-corrected chi connectivity index (χ4v) is 1.38. The highest BCUT2D eigenvalue weighted by Gasteiger charge is 2.23. The van der Waals surface area contributed by atoms with Crippen LogP contribution in [0.1, 0.15) is 18.5 Å². The molecule has 0 aliphatic carbocycles. The molecule has 0 fully saturated rings. The molecule has 0 aliphatic rings. The predicted octanol–water partition coefficient (Wildman–Crippen LogP) is 0.957. The number of rotatable bonds is 4. The molecule has 0 radical (unpaired) electrons. The van der Waals surface area contributed by atoms with Crippen molar-refractivity contribution in [3.05, 3.63) is 29.8 Å². The highest BCUT2D eigenvalue weighted by molar-refractivity contribution is 5.83. The number of amides is 1. The molecule has 5 heteroatoms. The van der Waals surface area contributed by atoms with Gasteiger partial charge in [-0.05, 0) is 6.07 Å². The van der Waals surface area contributed by atoms with Crippen molar-refractivity contribution in [2.24, 2.45) is 0 Å². The van der Waals surface area contributed by atoms with Crippen molar-refractivity contribution in [1.82, 2.24) is 5.32 Å². The third kappa shape index (κ3) is 2.73. The number of methoxy groups -OCH3 is 1. The summed E-state index contributed by atoms with van der Waals surface area (Å²) in [7, 11) is 1.45. The summed E-state index contributed by atoms with van der Waals surface area (Å²) in [6.07, 6.45) is 0. The lowest BCUT2D eigenvalue weighted by atomic mass is 10.1. The maximum absolute atomic E-state index is 11.0. The molecule has 16 heavy (non-hydrogen) atoms. The second-order valence-corrected chi connectivity index (χ2v) is 3.21. The minimum Gasteiger partial charge on any atom is -0.496 e. The lowest BCUT2D eigenvalue weighted by Gasteiger charge is -2.16. The first-order chi connectivity index (χ1) is 7.56. The topological polar surface area (TPSA) is 75.6 Å². The molecule has 1 aromatic rings. The minimum absolute atomic E-state index is 0.404. The summed E-state index contributed by atoms with van der Waals surface area (Å²) >= 11 is 0. The first kappa shape index (κ1) is 12.0. The van der Waals surface area contributed by atoms with E-state index in [1.165, 1.54) is 14.0 Å². The van der Waals surface area contributed by atoms with E-state index in [-0.39, 0.29) is 0 Å². The van der Waals surface area contributed by atoms with Crippen molar-refractivity contribution >= 4 is 11.9 Å². The second kappa shape index (κ2) is 5.16. The van der Waals surface area contributed by atoms with Crippen molar-refractivity contribution in [3.63, 3.8) is 0 Å². The Hall–Kier alpha value is -2.04. The molecule has 5 nitrogen and oxygen atoms in total. The van der Waals surface area contributed by atoms with E-state index in [1.807, 2.05) is 0 Å². The number of carbonyl (C=O) groups is 2. The molecule has 0 aliphatic heterocycles. The van der Waals surface area contributed by atoms with Gasteiger partial charge in [0.25, 0.3) is 0 Å². The molecule has 86 valence electrons. The first-order valence-corrected chi connectivity index (χ1v) is 4.69. The highest BCUT2D eigenvalue weighted by atomic mass is 16.5. The normalized spacial score (nSPS) is 11.6. The van der Waals surface area contributed by atoms with Crippen molar-refractivity contribution in [1.29, 1.82) is 0 Å². The molecule has 1 rings (SSSR count). The summed E-state index contributed by atoms with van der Waals surface area (Å²) in [5.74, 6) is -1.10. The number of aliphatic carboxylic acids is 1. The van der Waals surface area contributed by atoms with Gasteiger partial charge in [0, 0.05) is 12.5 Å². The number of ether oxygens (including phenoxy) is 1. The number of carbonyl (C=O) groups excluding carboxylic acids is 1. The van der Waals surface area contributed by atoms with Crippen LogP contribution in [0.2, 0.25) is 0 Å². The molecule has 1 atom stereocenters. The van der Waals surface area contributed by atoms with E-state index in [0.29, 0.717) is 11.3 Å². The molecule has 2 N–H and O–H groups in total. The molecule has 0 aromatic heterocycles. The van der Waals surface area contributed by atoms with Crippen LogP contribution in [0.3, 0.4) is 0 Å². The second-order valence-electron chi connectivity index (χ2n) is 3.21. The average Bonchev–Trinajstić information content (AvgIpc) is 2.25. The zero-order chi connectivity index (χ0) is 12.1. The summed E-state index contributed by atoms with van der Waals surface area (Å²) in [6.45, 7) is 1.27. The van der Waals surface area contributed by atoms with Gasteiger partial charge in [-0.25, -0.2) is 4.79 Å². The molecule has 1 unspecified atom stereocenters. The van der Waals surface area contributed by atoms with Gasteiger partial charge in [0.2, 0.25) is 5.91 Å². The van der Waals surface area contributed by atoms with Crippen LogP contribution < -0.4 is 10.1 Å². The van der Waals surface area contributed by atoms with E-state index in [0.717, 1.165) is 0 Å². The number of para-hydroxylation sites is 1. The van der Waals surface area contributed by atoms with Gasteiger partial charge < -0.3 is 15.2 Å². The molecule has 0 saturated heterocycles. The lowest BCUT2D eigenvalue weighted by molar-refractivity contribution is -0.141. The standard InChI is InChI=1S/C11H13NO4/c1-7(13)12-10(11(14)15)8-5-3-4-6-9(8)16-2/h3-6,10H,1-2H3,(H,12,13)(H,14,15). The molecular formula is C11H13NO4. The Morgan fingerprint density at radius 3 is 2.50 bits per heavy atom. The van der Waals surface area contributed by atoms with Gasteiger partial charge in [-0.1, -0.05) is 18.2 Å². The van der Waals surface area contributed by atoms with E-state index in [2.05, 4.69) is 5.32 Å². The van der Waals surface area contributed by atoms with Crippen LogP contribution in [0.5, 0.6) is 5.75 Å². The van der Waals surface area contributed by atoms with Gasteiger partial charge in [-0.2, -0.15) is 0 Å². The third-order valence-corrected chi connectivity index (χ3v) is 2.04. The molecule has 0 spiro atoms. The smallest absolute Gasteiger partial charge is 0.331 e. The molecule has 0 bridgehead atoms. The van der Waals surface area contributed by atoms with Gasteiger partial charge in [0.15, 0.2) is 6.04 Å². The molecule has 1 amide bonds. The minimum atomic E-state index is -1.13. The van der Waals surface area contributed by atoms with E-state index < -0.39 is 17.9 Å². The largest absolute Gasteiger partial charge is 0.496 e. The van der Waals surface area contributed by atoms with Crippen LogP contribution in [0, 0.1) is 0 Å². The van der Waals surface area contributed by atoms with Gasteiger partial charge in [0.05, 0.1) is 7.11 Å². The third-order valence-electron chi connectivity index (χ3n) is 2.04. The molecule has 1 aromatic carbocycles. The fraction of sp³-hybridized carbons (Fsp3) is 0.273. The maximum Gasteiger partial charge on any atom is 0.331 e. The number of hydrogen-bond acceptors (Lipinski definition) is 3. The van der Waals surface area contributed by atoms with Crippen LogP contribution in [0.15, 0.2) is 24.3 Å². The Morgan fingerprint density at radius 1 is 1.38 bits per heavy atom. The summed E-state index contributed by atoms with van der Waals surface area (Å²) in [4.78, 5) is 21.9. The zero-order valence-corrected chi connectivity index (χ0v) is 9.06. The van der Waals surface area contributed by atoms with Crippen LogP contribution in [-0.4, -0.2) is 24.1 Å². The van der Waals surface area contributed by atoms with Crippen molar-refractivity contribution < 1.29 is 19.4 Å². The fourth-order valence-electron chi connectivity index (χ4n) is 1.38. The van der Waals surface area contributed by atoms with Crippen molar-refractivity contribution in [3.8, 4) is 5.75 Å². The number of carboxylic acid groups (broad SMARTS) is 1. The van der Waals surface area contributed by atoms with E-state index in [1.54, 1.807) is 24.3 Å². The summed E-state index contributed by atoms with van der Waals surface area (Å²) in [6, 6.07) is 5.58. The monoisotopic (exact) mass is 223 g/mol. The van der Waals surface area contributed by atoms with Gasteiger partial charge in [0.1, 0.15) is 5.75 Å². The Morgan fingerprint density at radius 2 is 2.00 bits per heavy atom. The number of nitrogens with one attached hydrogen (secondary N) is 1. The van der Waals surface area contributed by atoms with Crippen LogP contribution in [0.4, 0.5) is 0 Å². The molecule has 0 saturated carbocycles. The summed E-state index contributed by atoms with van der Waals surface area (Å²) in [5.41, 5.74) is 0.424. The quantitative estimate of drug-likeness (QED) is 0.797. The Bertz CT molecular complexity index is 403. The molecule has 0 heterocycles. The number of hydrogen-bond donors (Lipinski definition) is 2. The van der Waals surface area contributed by atoms with Crippen molar-refractivity contribution in [2.45, 2.75) is 13.0 Å². The van der Waals surface area contributed by atoms with Gasteiger partial charge in [-0.15, -0.1) is 0 Å².